The molecule has 1 aromatic rings. The second-order valence-electron chi connectivity index (χ2n) is 4.78. The van der Waals surface area contributed by atoms with Crippen LogP contribution in [0.4, 0.5) is 0 Å². The molecular weight excluding hydrogens is 266 g/mol. The summed E-state index contributed by atoms with van der Waals surface area (Å²) in [6, 6.07) is 1.65. The van der Waals surface area contributed by atoms with Crippen molar-refractivity contribution in [2.24, 2.45) is 0 Å². The van der Waals surface area contributed by atoms with Crippen LogP contribution in [-0.2, 0) is 16.6 Å². The fraction of sp³-hybridized carbons (Fsp3) is 0.636. The molecule has 19 heavy (non-hydrogen) atoms. The van der Waals surface area contributed by atoms with Crippen molar-refractivity contribution in [1.29, 1.82) is 0 Å². The van der Waals surface area contributed by atoms with Gasteiger partial charge in [0.15, 0.2) is 0 Å². The maximum absolute atomic E-state index is 12.2. The van der Waals surface area contributed by atoms with E-state index in [9.17, 15) is 8.42 Å². The Morgan fingerprint density at radius 1 is 1.32 bits per heavy atom. The van der Waals surface area contributed by atoms with Gasteiger partial charge in [-0.05, 0) is 20.2 Å². The molecule has 0 saturated carbocycles. The highest BCUT2D eigenvalue weighted by Crippen LogP contribution is 2.11. The number of hydrogen-bond acceptors (Lipinski definition) is 5. The van der Waals surface area contributed by atoms with Crippen molar-refractivity contribution < 1.29 is 8.42 Å². The molecule has 0 aliphatic carbocycles. The summed E-state index contributed by atoms with van der Waals surface area (Å²) >= 11 is 0. The SMILES string of the molecule is CNCc1cc(S(=O)(=O)NN2CCN(C)CC2)c[nH]1. The number of hydrazine groups is 1. The van der Waals surface area contributed by atoms with Gasteiger partial charge in [0.25, 0.3) is 10.0 Å². The zero-order valence-corrected chi connectivity index (χ0v) is 12.1. The Kier molecular flexibility index (Phi) is 4.58. The van der Waals surface area contributed by atoms with Gasteiger partial charge in [-0.3, -0.25) is 0 Å². The number of aromatic nitrogens is 1. The van der Waals surface area contributed by atoms with Crippen LogP contribution in [0.15, 0.2) is 17.2 Å². The molecule has 7 nitrogen and oxygen atoms in total. The third kappa shape index (κ3) is 3.77. The molecule has 108 valence electrons. The van der Waals surface area contributed by atoms with E-state index in [4.69, 9.17) is 0 Å². The number of nitrogens with zero attached hydrogens (tertiary/aromatic N) is 2. The van der Waals surface area contributed by atoms with E-state index >= 15 is 0 Å². The van der Waals surface area contributed by atoms with Crippen LogP contribution in [0.1, 0.15) is 5.69 Å². The number of nitrogens with one attached hydrogen (secondary N) is 3. The first kappa shape index (κ1) is 14.5. The topological polar surface area (TPSA) is 80.5 Å². The monoisotopic (exact) mass is 287 g/mol. The van der Waals surface area contributed by atoms with Gasteiger partial charge in [-0.2, -0.15) is 0 Å². The van der Waals surface area contributed by atoms with Gasteiger partial charge in [-0.15, -0.1) is 4.83 Å². The van der Waals surface area contributed by atoms with E-state index in [0.29, 0.717) is 19.6 Å². The third-order valence-corrected chi connectivity index (χ3v) is 4.50. The average molecular weight is 287 g/mol. The lowest BCUT2D eigenvalue weighted by atomic mass is 10.4. The Bertz CT molecular complexity index is 505. The first-order valence-corrected chi connectivity index (χ1v) is 7.77. The molecule has 0 unspecified atom stereocenters. The molecule has 0 radical (unpaired) electrons. The molecule has 0 spiro atoms. The lowest BCUT2D eigenvalue weighted by molar-refractivity contribution is 0.135. The van der Waals surface area contributed by atoms with Crippen LogP contribution in [0.3, 0.4) is 0 Å². The number of likely N-dealkylation sites (N-methyl/N-ethyl adjacent to an activating group) is 1. The van der Waals surface area contributed by atoms with Crippen LogP contribution < -0.4 is 10.1 Å². The Labute approximate surface area is 114 Å². The normalized spacial score (nSPS) is 18.8. The van der Waals surface area contributed by atoms with E-state index in [0.717, 1.165) is 18.8 Å². The average Bonchev–Trinajstić information content (AvgIpc) is 2.82. The highest BCUT2D eigenvalue weighted by atomic mass is 32.2. The summed E-state index contributed by atoms with van der Waals surface area (Å²) in [5.41, 5.74) is 0.848. The Balaban J connectivity index is 2.01. The number of hydrogen-bond donors (Lipinski definition) is 3. The molecule has 0 bridgehead atoms. The minimum absolute atomic E-state index is 0.275. The molecule has 1 aliphatic rings. The smallest absolute Gasteiger partial charge is 0.254 e. The number of piperazine rings is 1. The highest BCUT2D eigenvalue weighted by Gasteiger charge is 2.22. The Hall–Kier alpha value is -0.930. The maximum Gasteiger partial charge on any atom is 0.254 e. The summed E-state index contributed by atoms with van der Waals surface area (Å²) < 4.78 is 24.4. The number of H-pyrrole nitrogens is 1. The van der Waals surface area contributed by atoms with Crippen LogP contribution in [0.2, 0.25) is 0 Å². The van der Waals surface area contributed by atoms with Crippen molar-refractivity contribution in [3.63, 3.8) is 0 Å². The van der Waals surface area contributed by atoms with Crippen molar-refractivity contribution in [3.05, 3.63) is 18.0 Å². The van der Waals surface area contributed by atoms with E-state index in [-0.39, 0.29) is 4.90 Å². The fourth-order valence-electron chi connectivity index (χ4n) is 1.99. The lowest BCUT2D eigenvalue weighted by Crippen LogP contribution is -2.52. The molecule has 0 aromatic carbocycles. The van der Waals surface area contributed by atoms with Gasteiger partial charge in [0.1, 0.15) is 4.90 Å². The van der Waals surface area contributed by atoms with Gasteiger partial charge < -0.3 is 15.2 Å². The van der Waals surface area contributed by atoms with Crippen molar-refractivity contribution in [2.45, 2.75) is 11.4 Å². The van der Waals surface area contributed by atoms with Gasteiger partial charge in [0.2, 0.25) is 0 Å². The molecule has 8 heteroatoms. The third-order valence-electron chi connectivity index (χ3n) is 3.15. The molecule has 2 rings (SSSR count). The minimum atomic E-state index is -3.48. The zero-order valence-electron chi connectivity index (χ0n) is 11.3. The predicted octanol–water partition coefficient (Wildman–Crippen LogP) is -0.825. The van der Waals surface area contributed by atoms with Gasteiger partial charge in [-0.1, -0.05) is 0 Å². The molecule has 0 amide bonds. The summed E-state index contributed by atoms with van der Waals surface area (Å²) in [6.45, 7) is 3.73. The molecule has 2 heterocycles. The number of rotatable bonds is 5. The summed E-state index contributed by atoms with van der Waals surface area (Å²) in [6.07, 6.45) is 1.52. The summed E-state index contributed by atoms with van der Waals surface area (Å²) in [4.78, 5) is 8.02. The molecule has 1 aliphatic heterocycles. The van der Waals surface area contributed by atoms with Crippen molar-refractivity contribution in [3.8, 4) is 0 Å². The maximum atomic E-state index is 12.2. The zero-order chi connectivity index (χ0) is 13.9. The second kappa shape index (κ2) is 6.02. The Morgan fingerprint density at radius 3 is 2.63 bits per heavy atom. The van der Waals surface area contributed by atoms with Gasteiger partial charge in [0, 0.05) is 44.6 Å². The minimum Gasteiger partial charge on any atom is -0.363 e. The Morgan fingerprint density at radius 2 is 2.00 bits per heavy atom. The molecule has 0 atom stereocenters. The van der Waals surface area contributed by atoms with Gasteiger partial charge >= 0.3 is 0 Å². The van der Waals surface area contributed by atoms with E-state index in [1.54, 1.807) is 11.1 Å². The van der Waals surface area contributed by atoms with Gasteiger partial charge in [0.05, 0.1) is 0 Å². The van der Waals surface area contributed by atoms with Crippen molar-refractivity contribution in [1.82, 2.24) is 25.0 Å². The summed E-state index contributed by atoms with van der Waals surface area (Å²) in [5, 5.41) is 4.72. The van der Waals surface area contributed by atoms with Crippen LogP contribution in [-0.4, -0.2) is 63.6 Å². The van der Waals surface area contributed by atoms with E-state index in [2.05, 4.69) is 20.0 Å². The quantitative estimate of drug-likeness (QED) is 0.659. The van der Waals surface area contributed by atoms with Crippen LogP contribution >= 0.6 is 0 Å². The van der Waals surface area contributed by atoms with Crippen LogP contribution in [0.5, 0.6) is 0 Å². The molecule has 1 fully saturated rings. The number of sulfonamides is 1. The largest absolute Gasteiger partial charge is 0.363 e. The van der Waals surface area contributed by atoms with Crippen LogP contribution in [0, 0.1) is 0 Å². The van der Waals surface area contributed by atoms with Crippen LogP contribution in [0.25, 0.3) is 0 Å². The molecule has 1 aromatic heterocycles. The van der Waals surface area contributed by atoms with E-state index < -0.39 is 10.0 Å². The molecular formula is C11H21N5O2S. The van der Waals surface area contributed by atoms with Crippen molar-refractivity contribution in [2.75, 3.05) is 40.3 Å². The summed E-state index contributed by atoms with van der Waals surface area (Å²) in [7, 11) is 0.370. The number of aromatic amines is 1. The molecule has 3 N–H and O–H groups in total. The van der Waals surface area contributed by atoms with E-state index in [1.165, 1.54) is 6.20 Å². The lowest BCUT2D eigenvalue weighted by Gasteiger charge is -2.31. The highest BCUT2D eigenvalue weighted by molar-refractivity contribution is 7.89. The molecule has 1 saturated heterocycles. The first-order valence-electron chi connectivity index (χ1n) is 6.29. The second-order valence-corrected chi connectivity index (χ2v) is 6.44. The standard InChI is InChI=1S/C11H21N5O2S/c1-12-8-10-7-11(9-13-10)19(17,18)14-16-5-3-15(2)4-6-16/h7,9,12-14H,3-6,8H2,1-2H3. The predicted molar refractivity (Wildman–Crippen MR) is 72.9 cm³/mol. The van der Waals surface area contributed by atoms with Gasteiger partial charge in [-0.25, -0.2) is 13.4 Å². The summed E-state index contributed by atoms with van der Waals surface area (Å²) in [5.74, 6) is 0. The van der Waals surface area contributed by atoms with E-state index in [1.807, 2.05) is 14.1 Å². The first-order chi connectivity index (χ1) is 9.01. The fourth-order valence-corrected chi connectivity index (χ4v) is 3.13. The van der Waals surface area contributed by atoms with Crippen molar-refractivity contribution >= 4 is 10.0 Å².